The molecule has 2 aromatic heterocycles. The van der Waals surface area contributed by atoms with Crippen molar-refractivity contribution in [1.82, 2.24) is 9.38 Å². The van der Waals surface area contributed by atoms with Crippen LogP contribution < -0.4 is 20.1 Å². The van der Waals surface area contributed by atoms with Crippen LogP contribution >= 0.6 is 11.3 Å². The summed E-state index contributed by atoms with van der Waals surface area (Å²) in [5, 5.41) is 2.84. The summed E-state index contributed by atoms with van der Waals surface area (Å²) in [6, 6.07) is 20.7. The summed E-state index contributed by atoms with van der Waals surface area (Å²) in [7, 11) is 0. The predicted octanol–water partition coefficient (Wildman–Crippen LogP) is 4.09. The lowest BCUT2D eigenvalue weighted by Gasteiger charge is -2.09. The van der Waals surface area contributed by atoms with E-state index in [0.717, 1.165) is 27.8 Å². The number of carbonyl (C=O) groups excluding carboxylic acids is 1. The zero-order valence-corrected chi connectivity index (χ0v) is 19.0. The maximum atomic E-state index is 12.9. The van der Waals surface area contributed by atoms with Gasteiger partial charge in [-0.3, -0.25) is 9.59 Å². The molecule has 0 bridgehead atoms. The molecule has 5 rings (SSSR count). The van der Waals surface area contributed by atoms with E-state index in [2.05, 4.69) is 10.3 Å². The Bertz CT molecular complexity index is 1600. The van der Waals surface area contributed by atoms with E-state index in [-0.39, 0.29) is 18.1 Å². The summed E-state index contributed by atoms with van der Waals surface area (Å²) >= 11 is 1.37. The van der Waals surface area contributed by atoms with Gasteiger partial charge in [0.05, 0.1) is 15.6 Å². The zero-order chi connectivity index (χ0) is 22.9. The number of thiazole rings is 1. The number of aromatic nitrogens is 2. The summed E-state index contributed by atoms with van der Waals surface area (Å²) in [6.07, 6.45) is 1.84. The molecule has 3 aromatic carbocycles. The molecule has 164 valence electrons. The number of anilines is 1. The Morgan fingerprint density at radius 1 is 1.06 bits per heavy atom. The van der Waals surface area contributed by atoms with Crippen molar-refractivity contribution in [3.8, 4) is 5.75 Å². The normalized spacial score (nSPS) is 11.9. The van der Waals surface area contributed by atoms with Crippen LogP contribution in [0.4, 0.5) is 5.69 Å². The van der Waals surface area contributed by atoms with Crippen molar-refractivity contribution in [3.63, 3.8) is 0 Å². The van der Waals surface area contributed by atoms with Gasteiger partial charge in [0.25, 0.3) is 11.5 Å². The number of amides is 1. The van der Waals surface area contributed by atoms with Crippen molar-refractivity contribution in [2.75, 3.05) is 11.9 Å². The highest BCUT2D eigenvalue weighted by Crippen LogP contribution is 2.17. The van der Waals surface area contributed by atoms with Crippen LogP contribution in [0.5, 0.6) is 5.75 Å². The van der Waals surface area contributed by atoms with E-state index in [1.807, 2.05) is 74.5 Å². The zero-order valence-electron chi connectivity index (χ0n) is 18.2. The van der Waals surface area contributed by atoms with Gasteiger partial charge in [0.1, 0.15) is 5.75 Å². The second-order valence-electron chi connectivity index (χ2n) is 7.84. The first-order chi connectivity index (χ1) is 16.0. The Morgan fingerprint density at radius 2 is 1.85 bits per heavy atom. The number of ether oxygens (including phenoxy) is 1. The summed E-state index contributed by atoms with van der Waals surface area (Å²) in [6.45, 7) is 3.95. The quantitative estimate of drug-likeness (QED) is 0.433. The Balaban J connectivity index is 1.28. The van der Waals surface area contributed by atoms with Crippen LogP contribution in [0.25, 0.3) is 22.1 Å². The smallest absolute Gasteiger partial charge is 0.274 e. The largest absolute Gasteiger partial charge is 0.484 e. The minimum Gasteiger partial charge on any atom is -0.484 e. The number of benzene rings is 3. The minimum absolute atomic E-state index is 0.0768. The van der Waals surface area contributed by atoms with Crippen molar-refractivity contribution in [3.05, 3.63) is 98.3 Å². The molecular weight excluding hydrogens is 434 g/mol. The number of hydrogen-bond acceptors (Lipinski definition) is 5. The Kier molecular flexibility index (Phi) is 5.40. The van der Waals surface area contributed by atoms with Gasteiger partial charge in [-0.05, 0) is 73.0 Å². The lowest BCUT2D eigenvalue weighted by Crippen LogP contribution is -2.22. The molecule has 0 aliphatic heterocycles. The van der Waals surface area contributed by atoms with Crippen LogP contribution in [0.2, 0.25) is 0 Å². The number of fused-ring (bicyclic) bond motifs is 3. The Labute approximate surface area is 193 Å². The van der Waals surface area contributed by atoms with Crippen LogP contribution in [0.1, 0.15) is 16.7 Å². The molecule has 0 radical (unpaired) electrons. The molecule has 1 amide bonds. The molecule has 2 heterocycles. The van der Waals surface area contributed by atoms with E-state index in [1.165, 1.54) is 16.9 Å². The average molecular weight is 456 g/mol. The lowest BCUT2D eigenvalue weighted by atomic mass is 10.1. The molecule has 6 nitrogen and oxygen atoms in total. The highest BCUT2D eigenvalue weighted by molar-refractivity contribution is 7.15. The first-order valence-electron chi connectivity index (χ1n) is 10.5. The maximum Gasteiger partial charge on any atom is 0.274 e. The SMILES string of the molecule is Cc1ccc(NC(=O)COc2ccc(C=c3sc4nc5ccccc5n4c3=O)cc2)cc1C. The van der Waals surface area contributed by atoms with Crippen molar-refractivity contribution in [1.29, 1.82) is 0 Å². The van der Waals surface area contributed by atoms with Crippen LogP contribution in [-0.2, 0) is 4.79 Å². The van der Waals surface area contributed by atoms with Gasteiger partial charge in [0.15, 0.2) is 11.6 Å². The number of hydrogen-bond donors (Lipinski definition) is 1. The number of rotatable bonds is 5. The third kappa shape index (κ3) is 4.23. The van der Waals surface area contributed by atoms with Crippen molar-refractivity contribution in [2.24, 2.45) is 0 Å². The fraction of sp³-hybridized carbons (Fsp3) is 0.115. The van der Waals surface area contributed by atoms with Crippen LogP contribution in [0.3, 0.4) is 0 Å². The van der Waals surface area contributed by atoms with Crippen molar-refractivity contribution < 1.29 is 9.53 Å². The number of nitrogens with zero attached hydrogens (tertiary/aromatic N) is 2. The average Bonchev–Trinajstić information content (AvgIpc) is 3.32. The first-order valence-corrected chi connectivity index (χ1v) is 11.3. The molecule has 0 saturated carbocycles. The molecule has 0 atom stereocenters. The van der Waals surface area contributed by atoms with Gasteiger partial charge < -0.3 is 10.1 Å². The topological polar surface area (TPSA) is 72.7 Å². The molecule has 0 spiro atoms. The maximum absolute atomic E-state index is 12.9. The third-order valence-electron chi connectivity index (χ3n) is 5.48. The number of imidazole rings is 1. The summed E-state index contributed by atoms with van der Waals surface area (Å²) < 4.78 is 7.87. The lowest BCUT2D eigenvalue weighted by molar-refractivity contribution is -0.118. The van der Waals surface area contributed by atoms with Crippen LogP contribution in [0, 0.1) is 13.8 Å². The van der Waals surface area contributed by atoms with Gasteiger partial charge in [-0.2, -0.15) is 0 Å². The summed E-state index contributed by atoms with van der Waals surface area (Å²) in [4.78, 5) is 30.3. The molecule has 5 aromatic rings. The molecule has 0 fully saturated rings. The number of carbonyl (C=O) groups is 1. The van der Waals surface area contributed by atoms with E-state index < -0.39 is 0 Å². The number of aryl methyl sites for hydroxylation is 2. The number of para-hydroxylation sites is 2. The van der Waals surface area contributed by atoms with Gasteiger partial charge in [-0.15, -0.1) is 0 Å². The van der Waals surface area contributed by atoms with Crippen LogP contribution in [0.15, 0.2) is 71.5 Å². The summed E-state index contributed by atoms with van der Waals surface area (Å²) in [5.74, 6) is 0.357. The molecule has 33 heavy (non-hydrogen) atoms. The highest BCUT2D eigenvalue weighted by Gasteiger charge is 2.10. The van der Waals surface area contributed by atoms with Gasteiger partial charge in [0.2, 0.25) is 0 Å². The predicted molar refractivity (Wildman–Crippen MR) is 132 cm³/mol. The molecule has 7 heteroatoms. The van der Waals surface area contributed by atoms with Crippen LogP contribution in [-0.4, -0.2) is 21.9 Å². The molecule has 1 N–H and O–H groups in total. The standard InChI is InChI=1S/C26H21N3O3S/c1-16-7-10-19(13-17(16)2)27-24(30)15-32-20-11-8-18(9-12-20)14-23-25(31)29-22-6-4-3-5-21(22)28-26(29)33-23/h3-14H,15H2,1-2H3,(H,27,30). The highest BCUT2D eigenvalue weighted by atomic mass is 32.1. The Morgan fingerprint density at radius 3 is 2.64 bits per heavy atom. The van der Waals surface area contributed by atoms with Gasteiger partial charge in [-0.1, -0.05) is 41.7 Å². The third-order valence-corrected chi connectivity index (χ3v) is 6.45. The second kappa shape index (κ2) is 8.52. The Hall–Kier alpha value is -3.97. The van der Waals surface area contributed by atoms with Gasteiger partial charge in [0, 0.05) is 5.69 Å². The molecule has 0 unspecified atom stereocenters. The van der Waals surface area contributed by atoms with E-state index >= 15 is 0 Å². The van der Waals surface area contributed by atoms with Gasteiger partial charge >= 0.3 is 0 Å². The van der Waals surface area contributed by atoms with E-state index in [1.54, 1.807) is 16.5 Å². The minimum atomic E-state index is -0.223. The summed E-state index contributed by atoms with van der Waals surface area (Å²) in [5.41, 5.74) is 5.47. The van der Waals surface area contributed by atoms with Crippen molar-refractivity contribution in [2.45, 2.75) is 13.8 Å². The number of nitrogens with one attached hydrogen (secondary N) is 1. The monoisotopic (exact) mass is 455 g/mol. The van der Waals surface area contributed by atoms with Crippen molar-refractivity contribution >= 4 is 45.0 Å². The molecular formula is C26H21N3O3S. The van der Waals surface area contributed by atoms with E-state index in [4.69, 9.17) is 4.74 Å². The van der Waals surface area contributed by atoms with E-state index in [0.29, 0.717) is 15.2 Å². The molecule has 0 saturated heterocycles. The molecule has 0 aliphatic carbocycles. The second-order valence-corrected chi connectivity index (χ2v) is 8.85. The fourth-order valence-corrected chi connectivity index (χ4v) is 4.58. The van der Waals surface area contributed by atoms with E-state index in [9.17, 15) is 9.59 Å². The van der Waals surface area contributed by atoms with Gasteiger partial charge in [-0.25, -0.2) is 9.38 Å². The molecule has 0 aliphatic rings. The first kappa shape index (κ1) is 20.9. The fourth-order valence-electron chi connectivity index (χ4n) is 3.59.